The maximum atomic E-state index is 12.4. The Morgan fingerprint density at radius 1 is 1.47 bits per heavy atom. The Morgan fingerprint density at radius 3 is 2.41 bits per heavy atom. The van der Waals surface area contributed by atoms with Crippen LogP contribution in [0.4, 0.5) is 13.2 Å². The molecule has 1 aliphatic rings. The average molecular weight is 253 g/mol. The minimum atomic E-state index is -4.28. The first-order chi connectivity index (χ1) is 7.89. The standard InChI is InChI=1S/C11H18F3NO2/c1-3-6-15(7-11(12,13)14)9(8-4-5-8)10(16)17-2/h8-9H,3-7H2,1-2H3. The molecule has 0 bridgehead atoms. The van der Waals surface area contributed by atoms with Gasteiger partial charge in [-0.2, -0.15) is 13.2 Å². The van der Waals surface area contributed by atoms with Crippen molar-refractivity contribution in [3.8, 4) is 0 Å². The van der Waals surface area contributed by atoms with Crippen LogP contribution in [-0.2, 0) is 9.53 Å². The normalized spacial score (nSPS) is 18.2. The average Bonchev–Trinajstić information content (AvgIpc) is 3.00. The summed E-state index contributed by atoms with van der Waals surface area (Å²) in [4.78, 5) is 12.8. The molecule has 1 aliphatic carbocycles. The molecule has 6 heteroatoms. The predicted molar refractivity (Wildman–Crippen MR) is 56.4 cm³/mol. The SMILES string of the molecule is CCCN(CC(F)(F)F)C(C(=O)OC)C1CC1. The van der Waals surface area contributed by atoms with Gasteiger partial charge in [0.2, 0.25) is 0 Å². The first-order valence-corrected chi connectivity index (χ1v) is 5.77. The Hall–Kier alpha value is -0.780. The van der Waals surface area contributed by atoms with Crippen LogP contribution in [0.3, 0.4) is 0 Å². The molecule has 0 N–H and O–H groups in total. The van der Waals surface area contributed by atoms with Crippen molar-refractivity contribution in [3.05, 3.63) is 0 Å². The molecule has 1 atom stereocenters. The minimum absolute atomic E-state index is 0.0244. The van der Waals surface area contributed by atoms with Gasteiger partial charge in [0.15, 0.2) is 0 Å². The van der Waals surface area contributed by atoms with Crippen LogP contribution in [0.15, 0.2) is 0 Å². The summed E-state index contributed by atoms with van der Waals surface area (Å²) < 4.78 is 41.9. The van der Waals surface area contributed by atoms with E-state index in [1.165, 1.54) is 12.0 Å². The number of hydrogen-bond acceptors (Lipinski definition) is 3. The number of nitrogens with zero attached hydrogens (tertiary/aromatic N) is 1. The third kappa shape index (κ3) is 4.53. The van der Waals surface area contributed by atoms with Crippen LogP contribution < -0.4 is 0 Å². The van der Waals surface area contributed by atoms with Gasteiger partial charge in [0.05, 0.1) is 13.7 Å². The van der Waals surface area contributed by atoms with Gasteiger partial charge in [-0.25, -0.2) is 0 Å². The summed E-state index contributed by atoms with van der Waals surface area (Å²) in [5, 5.41) is 0. The van der Waals surface area contributed by atoms with E-state index < -0.39 is 24.7 Å². The highest BCUT2D eigenvalue weighted by atomic mass is 19.4. The lowest BCUT2D eigenvalue weighted by atomic mass is 10.1. The molecule has 0 aromatic heterocycles. The van der Waals surface area contributed by atoms with Crippen LogP contribution in [0.5, 0.6) is 0 Å². The van der Waals surface area contributed by atoms with Gasteiger partial charge in [-0.3, -0.25) is 9.69 Å². The summed E-state index contributed by atoms with van der Waals surface area (Å²) in [6, 6.07) is -0.735. The van der Waals surface area contributed by atoms with Crippen molar-refractivity contribution in [1.82, 2.24) is 4.90 Å². The quantitative estimate of drug-likeness (QED) is 0.680. The lowest BCUT2D eigenvalue weighted by Gasteiger charge is -2.30. The molecule has 1 unspecified atom stereocenters. The molecule has 0 saturated heterocycles. The van der Waals surface area contributed by atoms with Crippen LogP contribution in [0, 0.1) is 5.92 Å². The zero-order valence-corrected chi connectivity index (χ0v) is 10.1. The number of halogens is 3. The second kappa shape index (κ2) is 5.71. The summed E-state index contributed by atoms with van der Waals surface area (Å²) in [7, 11) is 1.22. The molecule has 0 amide bonds. The highest BCUT2D eigenvalue weighted by Gasteiger charge is 2.44. The molecule has 0 radical (unpaired) electrons. The number of esters is 1. The van der Waals surface area contributed by atoms with Gasteiger partial charge in [-0.15, -0.1) is 0 Å². The molecule has 1 fully saturated rings. The van der Waals surface area contributed by atoms with E-state index in [0.717, 1.165) is 12.8 Å². The van der Waals surface area contributed by atoms with E-state index in [9.17, 15) is 18.0 Å². The van der Waals surface area contributed by atoms with Gasteiger partial charge in [-0.1, -0.05) is 6.92 Å². The van der Waals surface area contributed by atoms with E-state index in [1.54, 1.807) is 6.92 Å². The van der Waals surface area contributed by atoms with Crippen molar-refractivity contribution in [1.29, 1.82) is 0 Å². The van der Waals surface area contributed by atoms with Crippen LogP contribution in [0.1, 0.15) is 26.2 Å². The fourth-order valence-electron chi connectivity index (χ4n) is 2.01. The van der Waals surface area contributed by atoms with Crippen molar-refractivity contribution in [2.75, 3.05) is 20.2 Å². The van der Waals surface area contributed by atoms with E-state index in [1.807, 2.05) is 0 Å². The zero-order valence-electron chi connectivity index (χ0n) is 10.1. The van der Waals surface area contributed by atoms with Crippen molar-refractivity contribution in [2.24, 2.45) is 5.92 Å². The van der Waals surface area contributed by atoms with Crippen LogP contribution in [0.2, 0.25) is 0 Å². The highest BCUT2D eigenvalue weighted by Crippen LogP contribution is 2.37. The van der Waals surface area contributed by atoms with E-state index in [2.05, 4.69) is 4.74 Å². The van der Waals surface area contributed by atoms with E-state index in [-0.39, 0.29) is 12.5 Å². The number of carbonyl (C=O) groups is 1. The monoisotopic (exact) mass is 253 g/mol. The van der Waals surface area contributed by atoms with E-state index in [0.29, 0.717) is 6.42 Å². The summed E-state index contributed by atoms with van der Waals surface area (Å²) in [6.45, 7) is 1.01. The van der Waals surface area contributed by atoms with Crippen LogP contribution in [-0.4, -0.2) is 43.3 Å². The number of ether oxygens (including phenoxy) is 1. The molecular weight excluding hydrogens is 235 g/mol. The maximum absolute atomic E-state index is 12.4. The molecule has 0 aromatic rings. The largest absolute Gasteiger partial charge is 0.468 e. The Kier molecular flexibility index (Phi) is 4.80. The van der Waals surface area contributed by atoms with E-state index >= 15 is 0 Å². The second-order valence-corrected chi connectivity index (χ2v) is 4.39. The molecular formula is C11H18F3NO2. The first kappa shape index (κ1) is 14.3. The van der Waals surface area contributed by atoms with Crippen molar-refractivity contribution in [2.45, 2.75) is 38.4 Å². The van der Waals surface area contributed by atoms with Crippen molar-refractivity contribution < 1.29 is 22.7 Å². The Balaban J connectivity index is 2.73. The number of carbonyl (C=O) groups excluding carboxylic acids is 1. The summed E-state index contributed by atoms with van der Waals surface area (Å²) >= 11 is 0. The summed E-state index contributed by atoms with van der Waals surface area (Å²) in [6.07, 6.45) is -2.09. The second-order valence-electron chi connectivity index (χ2n) is 4.39. The number of rotatable bonds is 6. The van der Waals surface area contributed by atoms with Crippen LogP contribution >= 0.6 is 0 Å². The fraction of sp³-hybridized carbons (Fsp3) is 0.909. The van der Waals surface area contributed by atoms with Crippen LogP contribution in [0.25, 0.3) is 0 Å². The van der Waals surface area contributed by atoms with Gasteiger partial charge in [-0.05, 0) is 31.7 Å². The number of hydrogen-bond donors (Lipinski definition) is 0. The molecule has 0 aliphatic heterocycles. The molecule has 3 nitrogen and oxygen atoms in total. The highest BCUT2D eigenvalue weighted by molar-refractivity contribution is 5.76. The lowest BCUT2D eigenvalue weighted by Crippen LogP contribution is -2.48. The van der Waals surface area contributed by atoms with Gasteiger partial charge in [0, 0.05) is 0 Å². The van der Waals surface area contributed by atoms with E-state index in [4.69, 9.17) is 0 Å². The summed E-state index contributed by atoms with van der Waals surface area (Å²) in [5.41, 5.74) is 0. The van der Waals surface area contributed by atoms with Crippen molar-refractivity contribution in [3.63, 3.8) is 0 Å². The minimum Gasteiger partial charge on any atom is -0.468 e. The lowest BCUT2D eigenvalue weighted by molar-refractivity contribution is -0.164. The predicted octanol–water partition coefficient (Wildman–Crippen LogP) is 2.21. The van der Waals surface area contributed by atoms with Gasteiger partial charge >= 0.3 is 12.1 Å². The molecule has 100 valence electrons. The van der Waals surface area contributed by atoms with Gasteiger partial charge in [0.25, 0.3) is 0 Å². The molecule has 1 rings (SSSR count). The third-order valence-electron chi connectivity index (χ3n) is 2.80. The molecule has 0 heterocycles. The van der Waals surface area contributed by atoms with Gasteiger partial charge < -0.3 is 4.74 Å². The first-order valence-electron chi connectivity index (χ1n) is 5.77. The molecule has 0 spiro atoms. The third-order valence-corrected chi connectivity index (χ3v) is 2.80. The zero-order chi connectivity index (χ0) is 13.1. The number of methoxy groups -OCH3 is 1. The number of alkyl halides is 3. The van der Waals surface area contributed by atoms with Gasteiger partial charge in [0.1, 0.15) is 6.04 Å². The topological polar surface area (TPSA) is 29.5 Å². The van der Waals surface area contributed by atoms with Crippen molar-refractivity contribution >= 4 is 5.97 Å². The molecule has 17 heavy (non-hydrogen) atoms. The maximum Gasteiger partial charge on any atom is 0.401 e. The summed E-state index contributed by atoms with van der Waals surface area (Å²) in [5.74, 6) is -0.526. The Bertz CT molecular complexity index is 264. The molecule has 0 aromatic carbocycles. The Morgan fingerprint density at radius 2 is 2.06 bits per heavy atom. The smallest absolute Gasteiger partial charge is 0.401 e. The fourth-order valence-corrected chi connectivity index (χ4v) is 2.01. The molecule has 1 saturated carbocycles. The Labute approximate surface area is 98.9 Å².